The van der Waals surface area contributed by atoms with Crippen molar-refractivity contribution in [3.05, 3.63) is 59.8 Å². The van der Waals surface area contributed by atoms with Crippen LogP contribution in [-0.4, -0.2) is 47.8 Å². The van der Waals surface area contributed by atoms with Crippen LogP contribution in [0.1, 0.15) is 11.1 Å². The molecule has 0 spiro atoms. The van der Waals surface area contributed by atoms with E-state index in [1.807, 2.05) is 23.1 Å². The number of pyridine rings is 1. The molecule has 1 amide bonds. The maximum absolute atomic E-state index is 12.2. The molecule has 0 aliphatic carbocycles. The zero-order chi connectivity index (χ0) is 17.3. The van der Waals surface area contributed by atoms with E-state index in [-0.39, 0.29) is 6.09 Å². The third-order valence-corrected chi connectivity index (χ3v) is 4.92. The Morgan fingerprint density at radius 2 is 2.04 bits per heavy atom. The van der Waals surface area contributed by atoms with Crippen molar-refractivity contribution in [1.82, 2.24) is 9.88 Å². The van der Waals surface area contributed by atoms with Gasteiger partial charge in [0.1, 0.15) is 24.0 Å². The van der Waals surface area contributed by atoms with Gasteiger partial charge in [-0.1, -0.05) is 30.3 Å². The number of nitriles is 1. The molecule has 0 saturated carbocycles. The second-order valence-electron chi connectivity index (χ2n) is 6.50. The Morgan fingerprint density at radius 3 is 2.84 bits per heavy atom. The molecule has 2 aromatic rings. The van der Waals surface area contributed by atoms with Crippen molar-refractivity contribution >= 4 is 11.9 Å². The van der Waals surface area contributed by atoms with Gasteiger partial charge in [0.05, 0.1) is 5.56 Å². The summed E-state index contributed by atoms with van der Waals surface area (Å²) in [6.07, 6.45) is 2.16. The SMILES string of the molecule is N#Cc1cccnc1N1CCN2C(=O)OCC2(Cc2ccccc2)C1. The summed E-state index contributed by atoms with van der Waals surface area (Å²) in [7, 11) is 0. The average molecular weight is 334 g/mol. The topological polar surface area (TPSA) is 69.5 Å². The number of fused-ring (bicyclic) bond motifs is 1. The highest BCUT2D eigenvalue weighted by molar-refractivity contribution is 5.72. The number of cyclic esters (lactones) is 1. The van der Waals surface area contributed by atoms with Crippen LogP contribution >= 0.6 is 0 Å². The number of hydrogen-bond acceptors (Lipinski definition) is 5. The first-order chi connectivity index (χ1) is 12.2. The number of rotatable bonds is 3. The molecule has 6 heteroatoms. The highest BCUT2D eigenvalue weighted by Gasteiger charge is 2.51. The molecule has 126 valence electrons. The van der Waals surface area contributed by atoms with Gasteiger partial charge in [-0.15, -0.1) is 0 Å². The van der Waals surface area contributed by atoms with E-state index >= 15 is 0 Å². The van der Waals surface area contributed by atoms with Crippen LogP contribution in [0, 0.1) is 11.3 Å². The molecule has 1 aromatic heterocycles. The fraction of sp³-hybridized carbons (Fsp3) is 0.316. The number of carbonyl (C=O) groups is 1. The molecule has 6 nitrogen and oxygen atoms in total. The van der Waals surface area contributed by atoms with Gasteiger partial charge >= 0.3 is 6.09 Å². The van der Waals surface area contributed by atoms with E-state index in [0.29, 0.717) is 44.0 Å². The molecule has 1 atom stereocenters. The smallest absolute Gasteiger partial charge is 0.410 e. The Balaban J connectivity index is 1.67. The lowest BCUT2D eigenvalue weighted by atomic mass is 9.88. The lowest BCUT2D eigenvalue weighted by Gasteiger charge is -2.45. The number of aromatic nitrogens is 1. The van der Waals surface area contributed by atoms with Gasteiger partial charge in [0.25, 0.3) is 0 Å². The lowest BCUT2D eigenvalue weighted by molar-refractivity contribution is 0.140. The highest BCUT2D eigenvalue weighted by Crippen LogP contribution is 2.34. The summed E-state index contributed by atoms with van der Waals surface area (Å²) in [4.78, 5) is 20.5. The van der Waals surface area contributed by atoms with E-state index < -0.39 is 5.54 Å². The lowest BCUT2D eigenvalue weighted by Crippen LogP contribution is -2.62. The molecule has 2 aliphatic rings. The molecule has 1 aromatic carbocycles. The minimum absolute atomic E-state index is 0.253. The summed E-state index contributed by atoms with van der Waals surface area (Å²) in [6.45, 7) is 2.15. The van der Waals surface area contributed by atoms with Crippen molar-refractivity contribution < 1.29 is 9.53 Å². The number of nitrogens with zero attached hydrogens (tertiary/aromatic N) is 4. The summed E-state index contributed by atoms with van der Waals surface area (Å²) in [5.74, 6) is 0.677. The van der Waals surface area contributed by atoms with Crippen molar-refractivity contribution in [2.24, 2.45) is 0 Å². The molecule has 3 heterocycles. The number of piperazine rings is 1. The van der Waals surface area contributed by atoms with Crippen molar-refractivity contribution in [3.63, 3.8) is 0 Å². The largest absolute Gasteiger partial charge is 0.447 e. The van der Waals surface area contributed by atoms with Crippen molar-refractivity contribution in [3.8, 4) is 6.07 Å². The third-order valence-electron chi connectivity index (χ3n) is 4.92. The van der Waals surface area contributed by atoms with E-state index in [4.69, 9.17) is 4.74 Å². The maximum Gasteiger partial charge on any atom is 0.410 e. The molecule has 0 radical (unpaired) electrons. The Hall–Kier alpha value is -3.07. The van der Waals surface area contributed by atoms with Crippen LogP contribution in [0.25, 0.3) is 0 Å². The van der Waals surface area contributed by atoms with E-state index in [1.165, 1.54) is 0 Å². The number of benzene rings is 1. The van der Waals surface area contributed by atoms with Crippen LogP contribution in [-0.2, 0) is 11.2 Å². The van der Waals surface area contributed by atoms with E-state index in [9.17, 15) is 10.1 Å². The van der Waals surface area contributed by atoms with Crippen molar-refractivity contribution in [2.75, 3.05) is 31.1 Å². The van der Waals surface area contributed by atoms with Gasteiger partial charge in [-0.3, -0.25) is 4.90 Å². The maximum atomic E-state index is 12.2. The van der Waals surface area contributed by atoms with Crippen LogP contribution in [0.3, 0.4) is 0 Å². The van der Waals surface area contributed by atoms with Gasteiger partial charge in [-0.25, -0.2) is 9.78 Å². The number of hydrogen-bond donors (Lipinski definition) is 0. The number of carbonyl (C=O) groups excluding carboxylic acids is 1. The van der Waals surface area contributed by atoms with Crippen LogP contribution < -0.4 is 4.90 Å². The van der Waals surface area contributed by atoms with Gasteiger partial charge < -0.3 is 9.64 Å². The van der Waals surface area contributed by atoms with Gasteiger partial charge in [-0.05, 0) is 17.7 Å². The third kappa shape index (κ3) is 2.68. The van der Waals surface area contributed by atoms with Crippen LogP contribution in [0.5, 0.6) is 0 Å². The van der Waals surface area contributed by atoms with Gasteiger partial charge in [0.15, 0.2) is 0 Å². The monoisotopic (exact) mass is 334 g/mol. The second kappa shape index (κ2) is 6.10. The molecule has 2 fully saturated rings. The minimum Gasteiger partial charge on any atom is -0.447 e. The predicted octanol–water partition coefficient (Wildman–Crippen LogP) is 2.21. The Bertz CT molecular complexity index is 833. The standard InChI is InChI=1S/C19H18N4O2/c20-12-16-7-4-8-21-17(16)22-9-10-23-18(24)25-14-19(23,13-22)11-15-5-2-1-3-6-15/h1-8H,9-11,13-14H2. The summed E-state index contributed by atoms with van der Waals surface area (Å²) in [6, 6.07) is 15.9. The fourth-order valence-electron chi connectivity index (χ4n) is 3.76. The zero-order valence-electron chi connectivity index (χ0n) is 13.8. The summed E-state index contributed by atoms with van der Waals surface area (Å²) < 4.78 is 5.39. The molecular weight excluding hydrogens is 316 g/mol. The van der Waals surface area contributed by atoms with Crippen LogP contribution in [0.15, 0.2) is 48.7 Å². The van der Waals surface area contributed by atoms with Crippen LogP contribution in [0.4, 0.5) is 10.6 Å². The molecule has 2 aliphatic heterocycles. The second-order valence-corrected chi connectivity index (χ2v) is 6.50. The number of amides is 1. The molecular formula is C19H18N4O2. The highest BCUT2D eigenvalue weighted by atomic mass is 16.6. The Kier molecular flexibility index (Phi) is 3.77. The molecule has 0 N–H and O–H groups in total. The summed E-state index contributed by atoms with van der Waals surface area (Å²) in [5.41, 5.74) is 1.28. The molecule has 2 saturated heterocycles. The van der Waals surface area contributed by atoms with Crippen LogP contribution in [0.2, 0.25) is 0 Å². The first-order valence-electron chi connectivity index (χ1n) is 8.30. The number of ether oxygens (including phenoxy) is 1. The summed E-state index contributed by atoms with van der Waals surface area (Å²) in [5, 5.41) is 9.37. The molecule has 0 bridgehead atoms. The normalized spacial score (nSPS) is 22.3. The van der Waals surface area contributed by atoms with Crippen molar-refractivity contribution in [1.29, 1.82) is 5.26 Å². The number of anilines is 1. The van der Waals surface area contributed by atoms with Gasteiger partial charge in [0, 0.05) is 32.3 Å². The van der Waals surface area contributed by atoms with E-state index in [2.05, 4.69) is 28.1 Å². The first kappa shape index (κ1) is 15.5. The van der Waals surface area contributed by atoms with E-state index in [1.54, 1.807) is 18.3 Å². The van der Waals surface area contributed by atoms with Crippen molar-refractivity contribution in [2.45, 2.75) is 12.0 Å². The van der Waals surface area contributed by atoms with Gasteiger partial charge in [-0.2, -0.15) is 5.26 Å². The van der Waals surface area contributed by atoms with E-state index in [0.717, 1.165) is 5.56 Å². The molecule has 1 unspecified atom stereocenters. The predicted molar refractivity (Wildman–Crippen MR) is 92.1 cm³/mol. The quantitative estimate of drug-likeness (QED) is 0.861. The molecule has 25 heavy (non-hydrogen) atoms. The van der Waals surface area contributed by atoms with Gasteiger partial charge in [0.2, 0.25) is 0 Å². The fourth-order valence-corrected chi connectivity index (χ4v) is 3.76. The zero-order valence-corrected chi connectivity index (χ0v) is 13.8. The summed E-state index contributed by atoms with van der Waals surface area (Å²) >= 11 is 0. The minimum atomic E-state index is -0.430. The molecule has 4 rings (SSSR count). The Morgan fingerprint density at radius 1 is 1.20 bits per heavy atom. The first-order valence-corrected chi connectivity index (χ1v) is 8.30. The Labute approximate surface area is 146 Å². The average Bonchev–Trinajstić information content (AvgIpc) is 2.98.